The van der Waals surface area contributed by atoms with E-state index >= 15 is 0 Å². The molecule has 1 heterocycles. The fourth-order valence-corrected chi connectivity index (χ4v) is 3.24. The molecule has 0 saturated carbocycles. The third-order valence-electron chi connectivity index (χ3n) is 4.13. The SMILES string of the molecule is CCCCN1CCC(NC(=NCCCCSC)NCC)CC1. The molecule has 0 aromatic rings. The minimum absolute atomic E-state index is 0.585. The van der Waals surface area contributed by atoms with Gasteiger partial charge in [0.15, 0.2) is 5.96 Å². The van der Waals surface area contributed by atoms with E-state index in [1.54, 1.807) is 0 Å². The van der Waals surface area contributed by atoms with Crippen molar-refractivity contribution in [3.8, 4) is 0 Å². The molecule has 0 radical (unpaired) electrons. The summed E-state index contributed by atoms with van der Waals surface area (Å²) >= 11 is 1.92. The van der Waals surface area contributed by atoms with E-state index in [1.807, 2.05) is 11.8 Å². The van der Waals surface area contributed by atoms with Crippen LogP contribution in [0.25, 0.3) is 0 Å². The zero-order valence-electron chi connectivity index (χ0n) is 14.9. The molecule has 0 amide bonds. The first-order chi connectivity index (χ1) is 10.8. The van der Waals surface area contributed by atoms with Crippen molar-refractivity contribution < 1.29 is 0 Å². The van der Waals surface area contributed by atoms with Crippen molar-refractivity contribution in [3.05, 3.63) is 0 Å². The van der Waals surface area contributed by atoms with E-state index in [2.05, 4.69) is 35.6 Å². The minimum atomic E-state index is 0.585. The van der Waals surface area contributed by atoms with Crippen LogP contribution in [0.3, 0.4) is 0 Å². The van der Waals surface area contributed by atoms with Crippen molar-refractivity contribution in [2.45, 2.75) is 58.4 Å². The Balaban J connectivity index is 2.26. The lowest BCUT2D eigenvalue weighted by molar-refractivity contribution is 0.203. The van der Waals surface area contributed by atoms with E-state index in [9.17, 15) is 0 Å². The van der Waals surface area contributed by atoms with Crippen LogP contribution in [0.5, 0.6) is 0 Å². The summed E-state index contributed by atoms with van der Waals surface area (Å²) in [4.78, 5) is 7.32. The van der Waals surface area contributed by atoms with Gasteiger partial charge in [-0.3, -0.25) is 4.99 Å². The van der Waals surface area contributed by atoms with Crippen molar-refractivity contribution >= 4 is 17.7 Å². The molecule has 0 unspecified atom stereocenters. The quantitative estimate of drug-likeness (QED) is 0.367. The Morgan fingerprint density at radius 2 is 1.95 bits per heavy atom. The Bertz CT molecular complexity index is 288. The zero-order valence-corrected chi connectivity index (χ0v) is 15.7. The smallest absolute Gasteiger partial charge is 0.191 e. The molecule has 1 rings (SSSR count). The summed E-state index contributed by atoms with van der Waals surface area (Å²) in [5.74, 6) is 2.26. The fourth-order valence-electron chi connectivity index (χ4n) is 2.75. The first kappa shape index (κ1) is 19.6. The summed E-state index contributed by atoms with van der Waals surface area (Å²) in [7, 11) is 0. The Kier molecular flexibility index (Phi) is 11.6. The number of hydrogen-bond acceptors (Lipinski definition) is 3. The summed E-state index contributed by atoms with van der Waals surface area (Å²) in [5, 5.41) is 7.02. The number of aliphatic imine (C=N–C) groups is 1. The summed E-state index contributed by atoms with van der Waals surface area (Å²) < 4.78 is 0. The van der Waals surface area contributed by atoms with Gasteiger partial charge < -0.3 is 15.5 Å². The van der Waals surface area contributed by atoms with E-state index in [1.165, 1.54) is 63.9 Å². The molecule has 4 nitrogen and oxygen atoms in total. The predicted molar refractivity (Wildman–Crippen MR) is 101 cm³/mol. The van der Waals surface area contributed by atoms with Crippen LogP contribution in [-0.4, -0.2) is 61.6 Å². The first-order valence-corrected chi connectivity index (χ1v) is 10.5. The Morgan fingerprint density at radius 3 is 2.59 bits per heavy atom. The van der Waals surface area contributed by atoms with E-state index in [4.69, 9.17) is 4.99 Å². The normalized spacial score (nSPS) is 17.7. The maximum Gasteiger partial charge on any atom is 0.191 e. The molecule has 1 fully saturated rings. The van der Waals surface area contributed by atoms with Gasteiger partial charge in [0, 0.05) is 32.2 Å². The lowest BCUT2D eigenvalue weighted by atomic mass is 10.0. The van der Waals surface area contributed by atoms with Crippen LogP contribution in [0.1, 0.15) is 52.4 Å². The summed E-state index contributed by atoms with van der Waals surface area (Å²) in [6.45, 7) is 10.0. The van der Waals surface area contributed by atoms with E-state index in [-0.39, 0.29) is 0 Å². The second-order valence-electron chi connectivity index (χ2n) is 6.07. The number of guanidine groups is 1. The molecular weight excluding hydrogens is 292 g/mol. The predicted octanol–water partition coefficient (Wildman–Crippen LogP) is 2.95. The number of thioether (sulfide) groups is 1. The van der Waals surface area contributed by atoms with Crippen LogP contribution in [0.4, 0.5) is 0 Å². The number of likely N-dealkylation sites (tertiary alicyclic amines) is 1. The zero-order chi connectivity index (χ0) is 16.0. The molecule has 2 N–H and O–H groups in total. The largest absolute Gasteiger partial charge is 0.357 e. The summed E-state index contributed by atoms with van der Waals surface area (Å²) in [5.41, 5.74) is 0. The number of piperidine rings is 1. The van der Waals surface area contributed by atoms with Gasteiger partial charge in [0.05, 0.1) is 0 Å². The number of nitrogens with zero attached hydrogens (tertiary/aromatic N) is 2. The molecule has 0 atom stereocenters. The lowest BCUT2D eigenvalue weighted by Gasteiger charge is -2.33. The second kappa shape index (κ2) is 13.1. The molecule has 5 heteroatoms. The van der Waals surface area contributed by atoms with Crippen LogP contribution in [-0.2, 0) is 0 Å². The van der Waals surface area contributed by atoms with Gasteiger partial charge in [-0.05, 0) is 57.6 Å². The highest BCUT2D eigenvalue weighted by molar-refractivity contribution is 7.98. The Morgan fingerprint density at radius 1 is 1.18 bits per heavy atom. The molecular formula is C17H36N4S. The van der Waals surface area contributed by atoms with Gasteiger partial charge in [-0.2, -0.15) is 11.8 Å². The monoisotopic (exact) mass is 328 g/mol. The average molecular weight is 329 g/mol. The maximum atomic E-state index is 4.72. The van der Waals surface area contributed by atoms with Gasteiger partial charge in [-0.1, -0.05) is 13.3 Å². The topological polar surface area (TPSA) is 39.7 Å². The molecule has 1 aliphatic rings. The van der Waals surface area contributed by atoms with Crippen LogP contribution >= 0.6 is 11.8 Å². The molecule has 0 aromatic heterocycles. The first-order valence-electron chi connectivity index (χ1n) is 9.06. The van der Waals surface area contributed by atoms with Crippen LogP contribution in [0.2, 0.25) is 0 Å². The number of unbranched alkanes of at least 4 members (excludes halogenated alkanes) is 2. The molecule has 0 aliphatic carbocycles. The van der Waals surface area contributed by atoms with Crippen LogP contribution in [0, 0.1) is 0 Å². The summed E-state index contributed by atoms with van der Waals surface area (Å²) in [6.07, 6.45) is 9.72. The Hall–Kier alpha value is -0.420. The van der Waals surface area contributed by atoms with Crippen molar-refractivity contribution in [1.82, 2.24) is 15.5 Å². The highest BCUT2D eigenvalue weighted by Gasteiger charge is 2.19. The molecule has 0 aromatic carbocycles. The molecule has 1 saturated heterocycles. The van der Waals surface area contributed by atoms with Gasteiger partial charge in [0.1, 0.15) is 0 Å². The van der Waals surface area contributed by atoms with Gasteiger partial charge in [0.25, 0.3) is 0 Å². The van der Waals surface area contributed by atoms with Gasteiger partial charge in [-0.25, -0.2) is 0 Å². The lowest BCUT2D eigenvalue weighted by Crippen LogP contribution is -2.48. The number of nitrogens with one attached hydrogen (secondary N) is 2. The molecule has 130 valence electrons. The Labute approximate surface area is 141 Å². The van der Waals surface area contributed by atoms with Crippen LogP contribution in [0.15, 0.2) is 4.99 Å². The van der Waals surface area contributed by atoms with Gasteiger partial charge in [-0.15, -0.1) is 0 Å². The van der Waals surface area contributed by atoms with E-state index in [0.29, 0.717) is 6.04 Å². The minimum Gasteiger partial charge on any atom is -0.357 e. The van der Waals surface area contributed by atoms with E-state index in [0.717, 1.165) is 19.0 Å². The fraction of sp³-hybridized carbons (Fsp3) is 0.941. The highest BCUT2D eigenvalue weighted by atomic mass is 32.2. The summed E-state index contributed by atoms with van der Waals surface area (Å²) in [6, 6.07) is 0.585. The molecule has 0 spiro atoms. The maximum absolute atomic E-state index is 4.72. The molecule has 0 bridgehead atoms. The van der Waals surface area contributed by atoms with Crippen molar-refractivity contribution in [2.24, 2.45) is 4.99 Å². The van der Waals surface area contributed by atoms with E-state index < -0.39 is 0 Å². The van der Waals surface area contributed by atoms with Crippen molar-refractivity contribution in [1.29, 1.82) is 0 Å². The molecule has 22 heavy (non-hydrogen) atoms. The highest BCUT2D eigenvalue weighted by Crippen LogP contribution is 2.11. The standard InChI is InChI=1S/C17H36N4S/c1-4-6-12-21-13-9-16(10-14-21)20-17(18-5-2)19-11-7-8-15-22-3/h16H,4-15H2,1-3H3,(H2,18,19,20). The third-order valence-corrected chi connectivity index (χ3v) is 4.82. The molecule has 1 aliphatic heterocycles. The second-order valence-corrected chi connectivity index (χ2v) is 7.06. The van der Waals surface area contributed by atoms with Gasteiger partial charge in [0.2, 0.25) is 0 Å². The third kappa shape index (κ3) is 8.89. The van der Waals surface area contributed by atoms with Gasteiger partial charge >= 0.3 is 0 Å². The average Bonchev–Trinajstić information content (AvgIpc) is 2.54. The van der Waals surface area contributed by atoms with Crippen molar-refractivity contribution in [2.75, 3.05) is 44.7 Å². The number of hydrogen-bond donors (Lipinski definition) is 2. The number of rotatable bonds is 10. The van der Waals surface area contributed by atoms with Crippen LogP contribution < -0.4 is 10.6 Å². The van der Waals surface area contributed by atoms with Crippen molar-refractivity contribution in [3.63, 3.8) is 0 Å².